The van der Waals surface area contributed by atoms with Gasteiger partial charge in [0.05, 0.1) is 24.9 Å². The van der Waals surface area contributed by atoms with Gasteiger partial charge in [-0.25, -0.2) is 4.79 Å². The van der Waals surface area contributed by atoms with Crippen molar-refractivity contribution in [2.75, 3.05) is 13.2 Å². The van der Waals surface area contributed by atoms with Crippen LogP contribution in [0.1, 0.15) is 168 Å². The Labute approximate surface area is 254 Å². The SMILES string of the molecule is CCCCCCCCCCCCOc1cccc(OCCCCCCCCCCCC)c1C=CC(=O)OC(C)CC. The first-order valence-corrected chi connectivity index (χ1v) is 17.4. The van der Waals surface area contributed by atoms with Crippen molar-refractivity contribution in [2.24, 2.45) is 0 Å². The highest BCUT2D eigenvalue weighted by Crippen LogP contribution is 2.31. The number of rotatable bonds is 28. The van der Waals surface area contributed by atoms with Crippen LogP contribution >= 0.6 is 0 Å². The first-order chi connectivity index (χ1) is 20.1. The van der Waals surface area contributed by atoms with Crippen molar-refractivity contribution in [3.63, 3.8) is 0 Å². The fourth-order valence-electron chi connectivity index (χ4n) is 4.96. The number of hydrogen-bond acceptors (Lipinski definition) is 4. The van der Waals surface area contributed by atoms with Crippen molar-refractivity contribution in [3.05, 3.63) is 29.8 Å². The second-order valence-corrected chi connectivity index (χ2v) is 11.7. The van der Waals surface area contributed by atoms with Crippen LogP contribution < -0.4 is 9.47 Å². The number of hydrogen-bond donors (Lipinski definition) is 0. The predicted octanol–water partition coefficient (Wildman–Crippen LogP) is 11.6. The maximum absolute atomic E-state index is 12.3. The predicted molar refractivity (Wildman–Crippen MR) is 176 cm³/mol. The standard InChI is InChI=1S/C37H64O4/c1-5-8-10-12-14-16-18-20-22-24-31-39-35-27-26-28-36(34(35)29-30-37(38)41-33(4)7-3)40-32-25-23-21-19-17-15-13-11-9-6-2/h26-30,33H,5-25,31-32H2,1-4H3. The molecule has 41 heavy (non-hydrogen) atoms. The summed E-state index contributed by atoms with van der Waals surface area (Å²) in [5.41, 5.74) is 0.827. The van der Waals surface area contributed by atoms with Gasteiger partial charge in [-0.15, -0.1) is 0 Å². The molecule has 0 radical (unpaired) electrons. The lowest BCUT2D eigenvalue weighted by Crippen LogP contribution is -2.11. The Morgan fingerprint density at radius 2 is 1.02 bits per heavy atom. The number of benzene rings is 1. The van der Waals surface area contributed by atoms with Gasteiger partial charge in [-0.1, -0.05) is 142 Å². The van der Waals surface area contributed by atoms with Crippen molar-refractivity contribution in [3.8, 4) is 11.5 Å². The minimum absolute atomic E-state index is 0.0953. The molecule has 0 saturated heterocycles. The average molecular weight is 573 g/mol. The Hall–Kier alpha value is -1.97. The van der Waals surface area contributed by atoms with E-state index < -0.39 is 0 Å². The summed E-state index contributed by atoms with van der Waals surface area (Å²) in [7, 11) is 0. The summed E-state index contributed by atoms with van der Waals surface area (Å²) in [6.07, 6.45) is 30.0. The molecule has 0 bridgehead atoms. The molecule has 0 spiro atoms. The van der Waals surface area contributed by atoms with Gasteiger partial charge in [0.1, 0.15) is 11.5 Å². The van der Waals surface area contributed by atoms with Gasteiger partial charge in [-0.2, -0.15) is 0 Å². The third-order valence-electron chi connectivity index (χ3n) is 7.82. The van der Waals surface area contributed by atoms with Crippen LogP contribution in [0.3, 0.4) is 0 Å². The minimum atomic E-state index is -0.329. The summed E-state index contributed by atoms with van der Waals surface area (Å²) in [6.45, 7) is 9.82. The summed E-state index contributed by atoms with van der Waals surface area (Å²) in [5.74, 6) is 1.22. The smallest absolute Gasteiger partial charge is 0.331 e. The lowest BCUT2D eigenvalue weighted by molar-refractivity contribution is -0.142. The third-order valence-corrected chi connectivity index (χ3v) is 7.82. The normalized spacial score (nSPS) is 12.1. The molecule has 0 aliphatic heterocycles. The number of unbranched alkanes of at least 4 members (excludes halogenated alkanes) is 18. The minimum Gasteiger partial charge on any atom is -0.493 e. The van der Waals surface area contributed by atoms with Gasteiger partial charge in [0.25, 0.3) is 0 Å². The molecule has 0 saturated carbocycles. The Morgan fingerprint density at radius 3 is 1.41 bits per heavy atom. The van der Waals surface area contributed by atoms with Gasteiger partial charge in [0.15, 0.2) is 0 Å². The summed E-state index contributed by atoms with van der Waals surface area (Å²) in [6, 6.07) is 5.93. The van der Waals surface area contributed by atoms with Crippen molar-refractivity contribution in [1.82, 2.24) is 0 Å². The van der Waals surface area contributed by atoms with Crippen LogP contribution in [-0.4, -0.2) is 25.3 Å². The maximum atomic E-state index is 12.3. The molecular formula is C37H64O4. The van der Waals surface area contributed by atoms with Gasteiger partial charge in [0.2, 0.25) is 0 Å². The quantitative estimate of drug-likeness (QED) is 0.0569. The monoisotopic (exact) mass is 572 g/mol. The highest BCUT2D eigenvalue weighted by molar-refractivity contribution is 5.88. The van der Waals surface area contributed by atoms with E-state index in [0.29, 0.717) is 13.2 Å². The van der Waals surface area contributed by atoms with Gasteiger partial charge < -0.3 is 14.2 Å². The van der Waals surface area contributed by atoms with E-state index in [4.69, 9.17) is 14.2 Å². The van der Waals surface area contributed by atoms with E-state index in [0.717, 1.165) is 36.3 Å². The first-order valence-electron chi connectivity index (χ1n) is 17.4. The molecule has 4 heteroatoms. The number of carbonyl (C=O) groups excluding carboxylic acids is 1. The van der Waals surface area contributed by atoms with E-state index in [1.54, 1.807) is 6.08 Å². The van der Waals surface area contributed by atoms with E-state index in [9.17, 15) is 4.79 Å². The number of carbonyl (C=O) groups is 1. The van der Waals surface area contributed by atoms with Crippen LogP contribution in [0.15, 0.2) is 24.3 Å². The van der Waals surface area contributed by atoms with E-state index in [2.05, 4.69) is 13.8 Å². The molecule has 1 aromatic rings. The fourth-order valence-corrected chi connectivity index (χ4v) is 4.96. The summed E-state index contributed by atoms with van der Waals surface area (Å²) in [5, 5.41) is 0. The molecule has 4 nitrogen and oxygen atoms in total. The average Bonchev–Trinajstić information content (AvgIpc) is 2.98. The highest BCUT2D eigenvalue weighted by atomic mass is 16.5. The molecule has 0 aromatic heterocycles. The zero-order chi connectivity index (χ0) is 29.8. The Balaban J connectivity index is 2.51. The Kier molecular flexibility index (Phi) is 24.3. The lowest BCUT2D eigenvalue weighted by atomic mass is 10.1. The second kappa shape index (κ2) is 26.9. The molecule has 236 valence electrons. The number of ether oxygens (including phenoxy) is 3. The Bertz CT molecular complexity index is 728. The zero-order valence-electron chi connectivity index (χ0n) is 27.4. The molecule has 0 aliphatic carbocycles. The van der Waals surface area contributed by atoms with Crippen molar-refractivity contribution >= 4 is 12.0 Å². The summed E-state index contributed by atoms with van der Waals surface area (Å²) in [4.78, 5) is 12.3. The molecule has 0 fully saturated rings. The second-order valence-electron chi connectivity index (χ2n) is 11.7. The molecule has 1 atom stereocenters. The van der Waals surface area contributed by atoms with E-state index >= 15 is 0 Å². The maximum Gasteiger partial charge on any atom is 0.331 e. The van der Waals surface area contributed by atoms with Crippen LogP contribution in [0.25, 0.3) is 6.08 Å². The molecule has 1 rings (SSSR count). The molecular weight excluding hydrogens is 508 g/mol. The van der Waals surface area contributed by atoms with Crippen molar-refractivity contribution in [1.29, 1.82) is 0 Å². The number of esters is 1. The van der Waals surface area contributed by atoms with E-state index in [1.807, 2.05) is 32.0 Å². The lowest BCUT2D eigenvalue weighted by Gasteiger charge is -2.15. The third kappa shape index (κ3) is 20.5. The van der Waals surface area contributed by atoms with Crippen LogP contribution in [-0.2, 0) is 9.53 Å². The van der Waals surface area contributed by atoms with Crippen LogP contribution in [0.2, 0.25) is 0 Å². The van der Waals surface area contributed by atoms with Gasteiger partial charge in [-0.3, -0.25) is 0 Å². The van der Waals surface area contributed by atoms with Crippen molar-refractivity contribution in [2.45, 2.75) is 169 Å². The molecule has 0 amide bonds. The van der Waals surface area contributed by atoms with Crippen LogP contribution in [0.5, 0.6) is 11.5 Å². The molecule has 0 heterocycles. The first kappa shape index (κ1) is 37.1. The van der Waals surface area contributed by atoms with Gasteiger partial charge in [0, 0.05) is 6.08 Å². The highest BCUT2D eigenvalue weighted by Gasteiger charge is 2.11. The largest absolute Gasteiger partial charge is 0.493 e. The van der Waals surface area contributed by atoms with Crippen LogP contribution in [0, 0.1) is 0 Å². The zero-order valence-corrected chi connectivity index (χ0v) is 27.4. The van der Waals surface area contributed by atoms with Gasteiger partial charge >= 0.3 is 5.97 Å². The van der Waals surface area contributed by atoms with E-state index in [-0.39, 0.29) is 12.1 Å². The molecule has 1 unspecified atom stereocenters. The summed E-state index contributed by atoms with van der Waals surface area (Å²) >= 11 is 0. The molecule has 1 aromatic carbocycles. The molecule has 0 N–H and O–H groups in total. The Morgan fingerprint density at radius 1 is 0.634 bits per heavy atom. The van der Waals surface area contributed by atoms with Crippen molar-refractivity contribution < 1.29 is 19.0 Å². The fraction of sp³-hybridized carbons (Fsp3) is 0.757. The van der Waals surface area contributed by atoms with E-state index in [1.165, 1.54) is 122 Å². The van der Waals surface area contributed by atoms with Crippen LogP contribution in [0.4, 0.5) is 0 Å². The molecule has 0 aliphatic rings. The summed E-state index contributed by atoms with van der Waals surface area (Å²) < 4.78 is 17.9. The topological polar surface area (TPSA) is 44.8 Å². The van der Waals surface area contributed by atoms with Gasteiger partial charge in [-0.05, 0) is 44.4 Å².